The average molecular weight is 282 g/mol. The molecule has 2 amide bonds. The zero-order chi connectivity index (χ0) is 14.4. The van der Waals surface area contributed by atoms with Gasteiger partial charge in [0.25, 0.3) is 0 Å². The van der Waals surface area contributed by atoms with E-state index in [4.69, 9.17) is 9.84 Å². The second kappa shape index (κ2) is 6.90. The average Bonchev–Trinajstić information content (AvgIpc) is 3.05. The molecule has 3 N–H and O–H groups in total. The Balaban J connectivity index is 1.64. The normalized spacial score (nSPS) is 21.6. The maximum atomic E-state index is 11.6. The Kier molecular flexibility index (Phi) is 4.94. The van der Waals surface area contributed by atoms with E-state index >= 15 is 0 Å². The number of imidazole rings is 1. The molecule has 1 aliphatic heterocycles. The molecule has 1 aromatic rings. The van der Waals surface area contributed by atoms with Crippen LogP contribution in [0.5, 0.6) is 0 Å². The Morgan fingerprint density at radius 3 is 3.00 bits per heavy atom. The van der Waals surface area contributed by atoms with E-state index in [0.29, 0.717) is 6.54 Å². The smallest absolute Gasteiger partial charge is 0.315 e. The van der Waals surface area contributed by atoms with E-state index in [2.05, 4.69) is 15.6 Å². The van der Waals surface area contributed by atoms with Gasteiger partial charge in [0, 0.05) is 25.5 Å². The van der Waals surface area contributed by atoms with Crippen LogP contribution in [0, 0.1) is 5.92 Å². The van der Waals surface area contributed by atoms with Crippen LogP contribution in [0.25, 0.3) is 0 Å². The van der Waals surface area contributed by atoms with Crippen LogP contribution in [-0.2, 0) is 16.1 Å². The number of nitrogens with one attached hydrogen (secondary N) is 2. The van der Waals surface area contributed by atoms with Gasteiger partial charge in [0.05, 0.1) is 25.6 Å². The number of aromatic nitrogens is 2. The Morgan fingerprint density at radius 1 is 1.45 bits per heavy atom. The van der Waals surface area contributed by atoms with Crippen molar-refractivity contribution in [2.75, 3.05) is 19.8 Å². The zero-order valence-corrected chi connectivity index (χ0v) is 11.0. The fourth-order valence-corrected chi connectivity index (χ4v) is 2.04. The number of hydrogen-bond donors (Lipinski definition) is 3. The van der Waals surface area contributed by atoms with Crippen molar-refractivity contribution in [1.29, 1.82) is 0 Å². The van der Waals surface area contributed by atoms with Crippen LogP contribution in [0.15, 0.2) is 18.7 Å². The third kappa shape index (κ3) is 3.95. The van der Waals surface area contributed by atoms with Crippen LogP contribution in [-0.4, -0.2) is 52.5 Å². The summed E-state index contributed by atoms with van der Waals surface area (Å²) < 4.78 is 6.99. The van der Waals surface area contributed by atoms with Gasteiger partial charge in [0.2, 0.25) is 0 Å². The molecule has 0 radical (unpaired) electrons. The number of aryl methyl sites for hydroxylation is 1. The van der Waals surface area contributed by atoms with Gasteiger partial charge in [0.15, 0.2) is 0 Å². The number of nitrogens with zero attached hydrogens (tertiary/aromatic N) is 2. The van der Waals surface area contributed by atoms with Crippen molar-refractivity contribution >= 4 is 12.0 Å². The molecule has 0 saturated carbocycles. The summed E-state index contributed by atoms with van der Waals surface area (Å²) in [5.74, 6) is -1.63. The quantitative estimate of drug-likeness (QED) is 0.620. The molecule has 8 nitrogen and oxygen atoms in total. The molecule has 8 heteroatoms. The standard InChI is InChI=1S/C12H18N4O4/c17-11(18)9-6-20-7-10(9)15-12(19)14-2-1-4-16-5-3-13-8-16/h3,5,8-10H,1-2,4,6-7H2,(H,17,18)(H2,14,15,19). The number of urea groups is 1. The summed E-state index contributed by atoms with van der Waals surface area (Å²) in [6, 6.07) is -0.835. The molecule has 0 bridgehead atoms. The highest BCUT2D eigenvalue weighted by molar-refractivity contribution is 5.77. The molecular formula is C12H18N4O4. The van der Waals surface area contributed by atoms with Crippen LogP contribution in [0.4, 0.5) is 4.79 Å². The lowest BCUT2D eigenvalue weighted by molar-refractivity contribution is -0.142. The van der Waals surface area contributed by atoms with Crippen LogP contribution in [0.2, 0.25) is 0 Å². The number of carboxylic acid groups (broad SMARTS) is 1. The van der Waals surface area contributed by atoms with Crippen LogP contribution < -0.4 is 10.6 Å². The molecule has 0 spiro atoms. The van der Waals surface area contributed by atoms with Gasteiger partial charge in [-0.05, 0) is 6.42 Å². The van der Waals surface area contributed by atoms with Crippen molar-refractivity contribution in [2.45, 2.75) is 19.0 Å². The first-order chi connectivity index (χ1) is 9.66. The number of hydrogen-bond acceptors (Lipinski definition) is 4. The lowest BCUT2D eigenvalue weighted by Crippen LogP contribution is -2.47. The van der Waals surface area contributed by atoms with E-state index in [0.717, 1.165) is 13.0 Å². The van der Waals surface area contributed by atoms with E-state index in [-0.39, 0.29) is 19.2 Å². The predicted octanol–water partition coefficient (Wildman–Crippen LogP) is -0.328. The van der Waals surface area contributed by atoms with Crippen LogP contribution in [0.1, 0.15) is 6.42 Å². The first-order valence-electron chi connectivity index (χ1n) is 6.47. The van der Waals surface area contributed by atoms with Gasteiger partial charge < -0.3 is 25.0 Å². The largest absolute Gasteiger partial charge is 0.481 e. The van der Waals surface area contributed by atoms with Gasteiger partial charge in [0.1, 0.15) is 5.92 Å². The lowest BCUT2D eigenvalue weighted by Gasteiger charge is -2.16. The molecule has 20 heavy (non-hydrogen) atoms. The van der Waals surface area contributed by atoms with Crippen molar-refractivity contribution in [3.05, 3.63) is 18.7 Å². The number of aliphatic carboxylic acids is 1. The van der Waals surface area contributed by atoms with E-state index in [1.165, 1.54) is 0 Å². The monoisotopic (exact) mass is 282 g/mol. The number of amides is 2. The van der Waals surface area contributed by atoms with E-state index in [1.807, 2.05) is 10.8 Å². The van der Waals surface area contributed by atoms with Crippen molar-refractivity contribution in [3.8, 4) is 0 Å². The third-order valence-corrected chi connectivity index (χ3v) is 3.15. The van der Waals surface area contributed by atoms with Gasteiger partial charge in [-0.25, -0.2) is 9.78 Å². The third-order valence-electron chi connectivity index (χ3n) is 3.15. The van der Waals surface area contributed by atoms with Gasteiger partial charge >= 0.3 is 12.0 Å². The molecule has 110 valence electrons. The number of carbonyl (C=O) groups is 2. The summed E-state index contributed by atoms with van der Waals surface area (Å²) in [5, 5.41) is 14.3. The number of ether oxygens (including phenoxy) is 1. The summed E-state index contributed by atoms with van der Waals surface area (Å²) in [5.41, 5.74) is 0. The van der Waals surface area contributed by atoms with E-state index in [9.17, 15) is 9.59 Å². The first-order valence-corrected chi connectivity index (χ1v) is 6.47. The van der Waals surface area contributed by atoms with E-state index in [1.54, 1.807) is 12.5 Å². The Bertz CT molecular complexity index is 448. The molecule has 1 aliphatic rings. The molecular weight excluding hydrogens is 264 g/mol. The molecule has 2 rings (SSSR count). The van der Waals surface area contributed by atoms with Crippen LogP contribution in [0.3, 0.4) is 0 Å². The molecule has 0 aliphatic carbocycles. The molecule has 1 fully saturated rings. The predicted molar refractivity (Wildman–Crippen MR) is 69.1 cm³/mol. The lowest BCUT2D eigenvalue weighted by atomic mass is 10.0. The number of carboxylic acids is 1. The minimum atomic E-state index is -0.951. The van der Waals surface area contributed by atoms with Crippen LogP contribution >= 0.6 is 0 Å². The highest BCUT2D eigenvalue weighted by atomic mass is 16.5. The molecule has 2 unspecified atom stereocenters. The summed E-state index contributed by atoms with van der Waals surface area (Å²) in [6.45, 7) is 1.65. The Labute approximate surface area is 116 Å². The number of carbonyl (C=O) groups excluding carboxylic acids is 1. The molecule has 1 saturated heterocycles. The molecule has 1 aromatic heterocycles. The van der Waals surface area contributed by atoms with Crippen molar-refractivity contribution < 1.29 is 19.4 Å². The summed E-state index contributed by atoms with van der Waals surface area (Å²) in [7, 11) is 0. The fourth-order valence-electron chi connectivity index (χ4n) is 2.04. The molecule has 0 aromatic carbocycles. The maximum Gasteiger partial charge on any atom is 0.315 e. The van der Waals surface area contributed by atoms with Crippen molar-refractivity contribution in [1.82, 2.24) is 20.2 Å². The van der Waals surface area contributed by atoms with Gasteiger partial charge in [-0.3, -0.25) is 4.79 Å². The van der Waals surface area contributed by atoms with Gasteiger partial charge in [-0.15, -0.1) is 0 Å². The molecule has 2 atom stereocenters. The Morgan fingerprint density at radius 2 is 2.30 bits per heavy atom. The summed E-state index contributed by atoms with van der Waals surface area (Å²) in [4.78, 5) is 26.5. The SMILES string of the molecule is O=C(NCCCn1ccnc1)NC1COCC1C(=O)O. The van der Waals surface area contributed by atoms with Gasteiger partial charge in [-0.2, -0.15) is 0 Å². The van der Waals surface area contributed by atoms with Crippen molar-refractivity contribution in [2.24, 2.45) is 5.92 Å². The minimum absolute atomic E-state index is 0.140. The maximum absolute atomic E-state index is 11.6. The van der Waals surface area contributed by atoms with Crippen molar-refractivity contribution in [3.63, 3.8) is 0 Å². The number of rotatable bonds is 6. The summed E-state index contributed by atoms with van der Waals surface area (Å²) >= 11 is 0. The topological polar surface area (TPSA) is 105 Å². The fraction of sp³-hybridized carbons (Fsp3) is 0.583. The minimum Gasteiger partial charge on any atom is -0.481 e. The highest BCUT2D eigenvalue weighted by Crippen LogP contribution is 2.13. The highest BCUT2D eigenvalue weighted by Gasteiger charge is 2.34. The summed E-state index contributed by atoms with van der Waals surface area (Å²) in [6.07, 6.45) is 6.04. The zero-order valence-electron chi connectivity index (χ0n) is 11.0. The van der Waals surface area contributed by atoms with Gasteiger partial charge in [-0.1, -0.05) is 0 Å². The second-order valence-corrected chi connectivity index (χ2v) is 4.64. The van der Waals surface area contributed by atoms with E-state index < -0.39 is 17.9 Å². The molecule has 2 heterocycles. The first kappa shape index (κ1) is 14.3. The second-order valence-electron chi connectivity index (χ2n) is 4.64. The Hall–Kier alpha value is -2.09.